The first kappa shape index (κ1) is 31.6. The molecule has 0 aliphatic heterocycles. The zero-order valence-electron chi connectivity index (χ0n) is 22.9. The molecule has 1 rings (SSSR count). The second kappa shape index (κ2) is 21.8. The molecule has 0 aromatic heterocycles. The second-order valence-electron chi connectivity index (χ2n) is 10.4. The van der Waals surface area contributed by atoms with Crippen molar-refractivity contribution in [2.45, 2.75) is 142 Å². The molecule has 1 aliphatic rings. The molecule has 0 heterocycles. The highest BCUT2D eigenvalue weighted by atomic mass is 16.5. The molecular weight excluding hydrogens is 436 g/mol. The van der Waals surface area contributed by atoms with Gasteiger partial charge in [-0.1, -0.05) is 102 Å². The van der Waals surface area contributed by atoms with Crippen LogP contribution in [0.4, 0.5) is 0 Å². The van der Waals surface area contributed by atoms with Crippen LogP contribution in [0.1, 0.15) is 136 Å². The molecule has 0 spiro atoms. The van der Waals surface area contributed by atoms with Gasteiger partial charge in [0.05, 0.1) is 12.7 Å². The zero-order chi connectivity index (χ0) is 25.6. The molecule has 0 saturated heterocycles. The summed E-state index contributed by atoms with van der Waals surface area (Å²) in [6, 6.07) is 0. The molecule has 1 N–H and O–H groups in total. The third kappa shape index (κ3) is 16.8. The molecule has 0 bridgehead atoms. The van der Waals surface area contributed by atoms with Gasteiger partial charge in [-0.2, -0.15) is 0 Å². The molecule has 35 heavy (non-hydrogen) atoms. The molecular formula is C31H54O4. The zero-order valence-corrected chi connectivity index (χ0v) is 22.9. The van der Waals surface area contributed by atoms with Gasteiger partial charge in [-0.15, -0.1) is 0 Å². The molecule has 1 aliphatic carbocycles. The SMILES string of the molecule is CCCCCCCCCCOC(=O)CC/C=C\CCC[C@H]1C(=O)CC[C@@H]1/C=C/[C@@H](O)CCCCC. The summed E-state index contributed by atoms with van der Waals surface area (Å²) < 4.78 is 5.34. The Balaban J connectivity index is 2.07. The van der Waals surface area contributed by atoms with E-state index in [1.165, 1.54) is 38.5 Å². The Kier molecular flexibility index (Phi) is 19.7. The number of aliphatic hydroxyl groups is 1. The highest BCUT2D eigenvalue weighted by Gasteiger charge is 2.32. The van der Waals surface area contributed by atoms with Gasteiger partial charge in [-0.3, -0.25) is 9.59 Å². The van der Waals surface area contributed by atoms with Gasteiger partial charge in [0.2, 0.25) is 0 Å². The van der Waals surface area contributed by atoms with Gasteiger partial charge in [-0.25, -0.2) is 0 Å². The van der Waals surface area contributed by atoms with E-state index in [1.807, 2.05) is 6.08 Å². The minimum absolute atomic E-state index is 0.0966. The standard InChI is InChI=1S/C31H54O4/c1-3-5-7-8-9-10-14-18-26-35-31(34)21-17-13-11-12-16-20-29-27(23-25-30(29)33)22-24-28(32)19-15-6-4-2/h11,13,22,24,27-29,32H,3-10,12,14-21,23,25-26H2,1-2H3/b13-11-,24-22+/t27-,28-,29+/m0/s1. The fourth-order valence-electron chi connectivity index (χ4n) is 4.90. The van der Waals surface area contributed by atoms with E-state index in [-0.39, 0.29) is 23.9 Å². The van der Waals surface area contributed by atoms with Crippen LogP contribution in [0.3, 0.4) is 0 Å². The molecule has 0 radical (unpaired) electrons. The van der Waals surface area contributed by atoms with Crippen molar-refractivity contribution in [1.82, 2.24) is 0 Å². The number of ether oxygens (including phenoxy) is 1. The lowest BCUT2D eigenvalue weighted by atomic mass is 9.89. The fourth-order valence-corrected chi connectivity index (χ4v) is 4.90. The Morgan fingerprint density at radius 2 is 1.60 bits per heavy atom. The molecule has 3 atom stereocenters. The number of allylic oxidation sites excluding steroid dienone is 3. The summed E-state index contributed by atoms with van der Waals surface area (Å²) in [5, 5.41) is 10.1. The van der Waals surface area contributed by atoms with Crippen LogP contribution in [0, 0.1) is 11.8 Å². The lowest BCUT2D eigenvalue weighted by molar-refractivity contribution is -0.143. The summed E-state index contributed by atoms with van der Waals surface area (Å²) in [6.45, 7) is 4.96. The molecule has 1 saturated carbocycles. The minimum Gasteiger partial charge on any atom is -0.466 e. The number of hydrogen-bond donors (Lipinski definition) is 1. The van der Waals surface area contributed by atoms with Crippen molar-refractivity contribution in [3.05, 3.63) is 24.3 Å². The number of ketones is 1. The number of unbranched alkanes of at least 4 members (excludes halogenated alkanes) is 10. The van der Waals surface area contributed by atoms with E-state index in [4.69, 9.17) is 4.74 Å². The molecule has 0 amide bonds. The van der Waals surface area contributed by atoms with E-state index >= 15 is 0 Å². The topological polar surface area (TPSA) is 63.6 Å². The van der Waals surface area contributed by atoms with Crippen molar-refractivity contribution in [3.63, 3.8) is 0 Å². The maximum absolute atomic E-state index is 12.3. The van der Waals surface area contributed by atoms with Crippen LogP contribution in [0.2, 0.25) is 0 Å². The second-order valence-corrected chi connectivity index (χ2v) is 10.4. The summed E-state index contributed by atoms with van der Waals surface area (Å²) in [4.78, 5) is 24.2. The van der Waals surface area contributed by atoms with Gasteiger partial charge >= 0.3 is 5.97 Å². The maximum Gasteiger partial charge on any atom is 0.306 e. The lowest BCUT2D eigenvalue weighted by Gasteiger charge is -2.15. The van der Waals surface area contributed by atoms with Crippen LogP contribution in [0.15, 0.2) is 24.3 Å². The number of carbonyl (C=O) groups is 2. The lowest BCUT2D eigenvalue weighted by Crippen LogP contribution is -2.14. The van der Waals surface area contributed by atoms with Crippen LogP contribution in [0.25, 0.3) is 0 Å². The molecule has 1 fully saturated rings. The van der Waals surface area contributed by atoms with Crippen molar-refractivity contribution < 1.29 is 19.4 Å². The molecule has 4 nitrogen and oxygen atoms in total. The smallest absolute Gasteiger partial charge is 0.306 e. The van der Waals surface area contributed by atoms with Crippen LogP contribution in [-0.4, -0.2) is 29.6 Å². The first-order valence-corrected chi connectivity index (χ1v) is 14.8. The molecule has 202 valence electrons. The van der Waals surface area contributed by atoms with Crippen molar-refractivity contribution in [2.75, 3.05) is 6.61 Å². The Morgan fingerprint density at radius 1 is 0.943 bits per heavy atom. The summed E-state index contributed by atoms with van der Waals surface area (Å²) in [5.74, 6) is 0.668. The number of esters is 1. The van der Waals surface area contributed by atoms with Crippen LogP contribution in [0.5, 0.6) is 0 Å². The molecule has 0 unspecified atom stereocenters. The number of aliphatic hydroxyl groups excluding tert-OH is 1. The Bertz CT molecular complexity index is 595. The van der Waals surface area contributed by atoms with E-state index in [0.717, 1.165) is 70.6 Å². The summed E-state index contributed by atoms with van der Waals surface area (Å²) >= 11 is 0. The van der Waals surface area contributed by atoms with Gasteiger partial charge in [0, 0.05) is 18.8 Å². The first-order valence-electron chi connectivity index (χ1n) is 14.8. The average molecular weight is 491 g/mol. The molecule has 0 aromatic carbocycles. The largest absolute Gasteiger partial charge is 0.466 e. The predicted octanol–water partition coefficient (Wildman–Crippen LogP) is 8.27. The highest BCUT2D eigenvalue weighted by molar-refractivity contribution is 5.83. The third-order valence-electron chi connectivity index (χ3n) is 7.17. The number of hydrogen-bond acceptors (Lipinski definition) is 4. The molecule has 4 heteroatoms. The van der Waals surface area contributed by atoms with Crippen molar-refractivity contribution in [1.29, 1.82) is 0 Å². The van der Waals surface area contributed by atoms with E-state index < -0.39 is 0 Å². The fraction of sp³-hybridized carbons (Fsp3) is 0.806. The van der Waals surface area contributed by atoms with Crippen LogP contribution >= 0.6 is 0 Å². The quantitative estimate of drug-likeness (QED) is 0.0942. The van der Waals surface area contributed by atoms with Crippen molar-refractivity contribution in [2.24, 2.45) is 11.8 Å². The monoisotopic (exact) mass is 490 g/mol. The van der Waals surface area contributed by atoms with E-state index in [0.29, 0.717) is 25.2 Å². The summed E-state index contributed by atoms with van der Waals surface area (Å²) in [6.07, 6.45) is 27.6. The number of Topliss-reactive ketones (excluding diaryl/α,β-unsaturated/α-hetero) is 1. The van der Waals surface area contributed by atoms with Gasteiger partial charge in [0.25, 0.3) is 0 Å². The summed E-state index contributed by atoms with van der Waals surface area (Å²) in [5.41, 5.74) is 0. The van der Waals surface area contributed by atoms with Gasteiger partial charge < -0.3 is 9.84 Å². The van der Waals surface area contributed by atoms with Gasteiger partial charge in [0.1, 0.15) is 5.78 Å². The van der Waals surface area contributed by atoms with Gasteiger partial charge in [-0.05, 0) is 50.9 Å². The van der Waals surface area contributed by atoms with Gasteiger partial charge in [0.15, 0.2) is 0 Å². The van der Waals surface area contributed by atoms with E-state index in [9.17, 15) is 14.7 Å². The first-order chi connectivity index (χ1) is 17.1. The maximum atomic E-state index is 12.3. The predicted molar refractivity (Wildman–Crippen MR) is 146 cm³/mol. The third-order valence-corrected chi connectivity index (χ3v) is 7.17. The Labute approximate surface area is 216 Å². The summed E-state index contributed by atoms with van der Waals surface area (Å²) in [7, 11) is 0. The highest BCUT2D eigenvalue weighted by Crippen LogP contribution is 2.33. The minimum atomic E-state index is -0.382. The Hall–Kier alpha value is -1.42. The van der Waals surface area contributed by atoms with Crippen LogP contribution < -0.4 is 0 Å². The van der Waals surface area contributed by atoms with E-state index in [2.05, 4.69) is 32.1 Å². The average Bonchev–Trinajstić information content (AvgIpc) is 3.20. The normalized spacial score (nSPS) is 19.2. The Morgan fingerprint density at radius 3 is 2.34 bits per heavy atom. The van der Waals surface area contributed by atoms with Crippen LogP contribution in [-0.2, 0) is 14.3 Å². The van der Waals surface area contributed by atoms with E-state index in [1.54, 1.807) is 0 Å². The molecule has 0 aromatic rings. The number of rotatable bonds is 22. The van der Waals surface area contributed by atoms with Crippen molar-refractivity contribution in [3.8, 4) is 0 Å². The van der Waals surface area contributed by atoms with Crippen molar-refractivity contribution >= 4 is 11.8 Å². The number of carbonyl (C=O) groups excluding carboxylic acids is 2.